The molecule has 296 valence electrons. The number of hydrogen-bond acceptors (Lipinski definition) is 3. The first-order chi connectivity index (χ1) is 31.1. The first-order valence-corrected chi connectivity index (χ1v) is 23.0. The highest BCUT2D eigenvalue weighted by atomic mass is 31.2. The zero-order valence-corrected chi connectivity index (χ0v) is 35.0. The fourth-order valence-corrected chi connectivity index (χ4v) is 12.4. The second kappa shape index (κ2) is 14.9. The van der Waals surface area contributed by atoms with Crippen LogP contribution >= 0.6 is 7.14 Å². The molecule has 3 heterocycles. The van der Waals surface area contributed by atoms with Crippen LogP contribution in [0.2, 0.25) is 0 Å². The Morgan fingerprint density at radius 2 is 0.841 bits per heavy atom. The predicted molar refractivity (Wildman–Crippen MR) is 262 cm³/mol. The lowest BCUT2D eigenvalue weighted by Gasteiger charge is -2.16. The molecule has 0 spiro atoms. The van der Waals surface area contributed by atoms with Crippen molar-refractivity contribution in [1.82, 2.24) is 14.5 Å². The molecule has 4 nitrogen and oxygen atoms in total. The van der Waals surface area contributed by atoms with Crippen molar-refractivity contribution in [3.8, 4) is 73.0 Å². The molecular weight excluding hydrogens is 786 g/mol. The zero-order valence-electron chi connectivity index (χ0n) is 34.1. The number of rotatable bonds is 7. The minimum Gasteiger partial charge on any atom is -0.309 e. The van der Waals surface area contributed by atoms with Gasteiger partial charge in [0.2, 0.25) is 0 Å². The standard InChI is InChI=1S/C58H38N3OP/c62-63(47-18-8-3-9-19-47)56-23-13-11-21-49(56)51-36-55-50(37-57(51)63)48-20-10-12-22-54(48)61(55)46-34-32-44(33-35-46)53-38-52(43-28-24-41(25-29-43)39-14-4-1-5-15-39)59-58(60-53)45-30-26-42(27-31-45)40-16-6-2-7-17-40/h1-38H. The second-order valence-electron chi connectivity index (χ2n) is 16.1. The van der Waals surface area contributed by atoms with E-state index in [-0.39, 0.29) is 0 Å². The first-order valence-electron chi connectivity index (χ1n) is 21.3. The van der Waals surface area contributed by atoms with Gasteiger partial charge in [0.15, 0.2) is 13.0 Å². The van der Waals surface area contributed by atoms with E-state index >= 15 is 4.57 Å². The highest BCUT2D eigenvalue weighted by Gasteiger charge is 2.40. The average Bonchev–Trinajstić information content (AvgIpc) is 3.83. The quantitative estimate of drug-likeness (QED) is 0.150. The molecule has 0 fully saturated rings. The summed E-state index contributed by atoms with van der Waals surface area (Å²) >= 11 is 0. The summed E-state index contributed by atoms with van der Waals surface area (Å²) in [5.41, 5.74) is 14.6. The van der Waals surface area contributed by atoms with Crippen LogP contribution in [0.4, 0.5) is 0 Å². The molecule has 1 unspecified atom stereocenters. The van der Waals surface area contributed by atoms with Crippen LogP contribution in [0.15, 0.2) is 231 Å². The summed E-state index contributed by atoms with van der Waals surface area (Å²) in [5, 5.41) is 4.87. The molecule has 0 N–H and O–H groups in total. The number of aromatic nitrogens is 3. The summed E-state index contributed by atoms with van der Waals surface area (Å²) < 4.78 is 17.8. The Kier molecular flexibility index (Phi) is 8.74. The molecule has 1 atom stereocenters. The van der Waals surface area contributed by atoms with Gasteiger partial charge in [-0.25, -0.2) is 9.97 Å². The topological polar surface area (TPSA) is 47.8 Å². The van der Waals surface area contributed by atoms with Crippen molar-refractivity contribution in [3.63, 3.8) is 0 Å². The highest BCUT2D eigenvalue weighted by Crippen LogP contribution is 2.53. The van der Waals surface area contributed by atoms with E-state index in [1.807, 2.05) is 60.7 Å². The molecule has 11 aromatic rings. The number of nitrogens with zero attached hydrogens (tertiary/aromatic N) is 3. The number of fused-ring (bicyclic) bond motifs is 6. The first kappa shape index (κ1) is 36.9. The van der Waals surface area contributed by atoms with Gasteiger partial charge in [-0.2, -0.15) is 0 Å². The second-order valence-corrected chi connectivity index (χ2v) is 18.8. The van der Waals surface area contributed by atoms with E-state index in [2.05, 4.69) is 174 Å². The number of hydrogen-bond donors (Lipinski definition) is 0. The van der Waals surface area contributed by atoms with E-state index in [0.717, 1.165) is 93.7 Å². The van der Waals surface area contributed by atoms with Gasteiger partial charge < -0.3 is 9.13 Å². The molecule has 0 bridgehead atoms. The van der Waals surface area contributed by atoms with Crippen molar-refractivity contribution in [2.24, 2.45) is 0 Å². The third kappa shape index (κ3) is 6.18. The molecule has 12 rings (SSSR count). The Labute approximate surface area is 365 Å². The third-order valence-corrected chi connectivity index (χ3v) is 15.6. The van der Waals surface area contributed by atoms with Gasteiger partial charge in [-0.3, -0.25) is 0 Å². The maximum absolute atomic E-state index is 15.4. The minimum absolute atomic E-state index is 0.669. The Balaban J connectivity index is 0.976. The normalized spacial score (nSPS) is 14.2. The van der Waals surface area contributed by atoms with E-state index in [0.29, 0.717) is 5.82 Å². The fraction of sp³-hybridized carbons (Fsp3) is 0. The Morgan fingerprint density at radius 3 is 1.48 bits per heavy atom. The van der Waals surface area contributed by atoms with Crippen molar-refractivity contribution in [2.75, 3.05) is 0 Å². The lowest BCUT2D eigenvalue weighted by molar-refractivity contribution is 0.593. The number of para-hydroxylation sites is 1. The van der Waals surface area contributed by atoms with Crippen molar-refractivity contribution in [1.29, 1.82) is 0 Å². The summed E-state index contributed by atoms with van der Waals surface area (Å²) in [5.74, 6) is 0.669. The molecule has 1 aliphatic rings. The van der Waals surface area contributed by atoms with Crippen molar-refractivity contribution < 1.29 is 4.57 Å². The lowest BCUT2D eigenvalue weighted by Crippen LogP contribution is -2.20. The van der Waals surface area contributed by atoms with Crippen LogP contribution in [-0.2, 0) is 4.57 Å². The van der Waals surface area contributed by atoms with E-state index in [9.17, 15) is 0 Å². The minimum atomic E-state index is -3.10. The van der Waals surface area contributed by atoms with Gasteiger partial charge in [0.1, 0.15) is 0 Å². The molecule has 0 radical (unpaired) electrons. The molecule has 1 aliphatic heterocycles. The summed E-state index contributed by atoms with van der Waals surface area (Å²) in [4.78, 5) is 10.4. The van der Waals surface area contributed by atoms with E-state index in [1.54, 1.807) is 0 Å². The molecule has 0 aliphatic carbocycles. The lowest BCUT2D eigenvalue weighted by atomic mass is 10.0. The van der Waals surface area contributed by atoms with Crippen molar-refractivity contribution in [3.05, 3.63) is 231 Å². The Bertz CT molecular complexity index is 3450. The predicted octanol–water partition coefficient (Wildman–Crippen LogP) is 13.5. The maximum Gasteiger partial charge on any atom is 0.172 e. The van der Waals surface area contributed by atoms with E-state index in [1.165, 1.54) is 11.1 Å². The molecule has 0 saturated heterocycles. The number of benzene rings is 9. The molecule has 63 heavy (non-hydrogen) atoms. The van der Waals surface area contributed by atoms with Gasteiger partial charge in [-0.15, -0.1) is 0 Å². The summed E-state index contributed by atoms with van der Waals surface area (Å²) in [7, 11) is -3.10. The van der Waals surface area contributed by atoms with Gasteiger partial charge >= 0.3 is 0 Å². The Morgan fingerprint density at radius 1 is 0.349 bits per heavy atom. The zero-order chi connectivity index (χ0) is 41.9. The molecule has 2 aromatic heterocycles. The van der Waals surface area contributed by atoms with Crippen molar-refractivity contribution >= 4 is 44.9 Å². The molecule has 9 aromatic carbocycles. The fourth-order valence-electron chi connectivity index (χ4n) is 9.34. The van der Waals surface area contributed by atoms with Crippen LogP contribution in [0.5, 0.6) is 0 Å². The SMILES string of the molecule is O=P1(c2ccccc2)c2ccccc2-c2cc3c(cc21)c1ccccc1n3-c1ccc(-c2cc(-c3ccc(-c4ccccc4)cc3)nc(-c3ccc(-c4ccccc4)cc3)n2)cc1. The van der Waals surface area contributed by atoms with Gasteiger partial charge in [-0.1, -0.05) is 194 Å². The third-order valence-electron chi connectivity index (χ3n) is 12.5. The molecule has 0 amide bonds. The van der Waals surface area contributed by atoms with Crippen LogP contribution in [0.1, 0.15) is 0 Å². The van der Waals surface area contributed by atoms with Gasteiger partial charge in [0, 0.05) is 49.1 Å². The van der Waals surface area contributed by atoms with Crippen LogP contribution in [0, 0.1) is 0 Å². The molecule has 0 saturated carbocycles. The Hall–Kier alpha value is -7.91. The van der Waals surface area contributed by atoms with Crippen molar-refractivity contribution in [2.45, 2.75) is 0 Å². The molecule has 5 heteroatoms. The summed E-state index contributed by atoms with van der Waals surface area (Å²) in [6, 6.07) is 80.0. The average molecular weight is 824 g/mol. The molecular formula is C58H38N3OP. The van der Waals surface area contributed by atoms with Gasteiger partial charge in [0.05, 0.1) is 22.4 Å². The largest absolute Gasteiger partial charge is 0.309 e. The van der Waals surface area contributed by atoms with Crippen LogP contribution in [0.3, 0.4) is 0 Å². The van der Waals surface area contributed by atoms with Gasteiger partial charge in [-0.05, 0) is 69.8 Å². The summed E-state index contributed by atoms with van der Waals surface area (Å²) in [6.07, 6.45) is 0. The van der Waals surface area contributed by atoms with Crippen LogP contribution < -0.4 is 15.9 Å². The van der Waals surface area contributed by atoms with E-state index < -0.39 is 7.14 Å². The van der Waals surface area contributed by atoms with Gasteiger partial charge in [0.25, 0.3) is 0 Å². The van der Waals surface area contributed by atoms with Crippen LogP contribution in [-0.4, -0.2) is 14.5 Å². The van der Waals surface area contributed by atoms with E-state index in [4.69, 9.17) is 9.97 Å². The van der Waals surface area contributed by atoms with Crippen LogP contribution in [0.25, 0.3) is 94.8 Å². The maximum atomic E-state index is 15.4. The summed E-state index contributed by atoms with van der Waals surface area (Å²) in [6.45, 7) is 0. The smallest absolute Gasteiger partial charge is 0.172 e. The highest BCUT2D eigenvalue weighted by molar-refractivity contribution is 7.86. The monoisotopic (exact) mass is 823 g/mol.